The minimum atomic E-state index is -3.72. The summed E-state index contributed by atoms with van der Waals surface area (Å²) in [7, 11) is -3.72. The number of aryl methyl sites for hydroxylation is 2. The number of Topliss-reactive ketones (excluding diaryl/α,β-unsaturated/α-hetero) is 1. The molecule has 1 aromatic carbocycles. The number of esters is 1. The van der Waals surface area contributed by atoms with E-state index in [0.717, 1.165) is 16.5 Å². The van der Waals surface area contributed by atoms with E-state index in [9.17, 15) is 18.0 Å². The quantitative estimate of drug-likeness (QED) is 0.374. The van der Waals surface area contributed by atoms with Gasteiger partial charge in [-0.05, 0) is 51.5 Å². The number of hydrogen-bond acceptors (Lipinski definition) is 7. The number of hydrogen-bond donors (Lipinski definition) is 1. The predicted octanol–water partition coefficient (Wildman–Crippen LogP) is 3.59. The van der Waals surface area contributed by atoms with Crippen LogP contribution in [0.3, 0.4) is 0 Å². The predicted molar refractivity (Wildman–Crippen MR) is 122 cm³/mol. The van der Waals surface area contributed by atoms with Gasteiger partial charge >= 0.3 is 5.97 Å². The van der Waals surface area contributed by atoms with E-state index in [4.69, 9.17) is 4.74 Å². The van der Waals surface area contributed by atoms with Crippen LogP contribution in [0.5, 0.6) is 0 Å². The topological polar surface area (TPSA) is 107 Å². The highest BCUT2D eigenvalue weighted by molar-refractivity contribution is 7.89. The first-order valence-corrected chi connectivity index (χ1v) is 12.4. The second kappa shape index (κ2) is 9.76. The molecule has 0 aliphatic heterocycles. The summed E-state index contributed by atoms with van der Waals surface area (Å²) < 4.78 is 34.1. The Labute approximate surface area is 191 Å². The van der Waals surface area contributed by atoms with Gasteiger partial charge in [0.25, 0.3) is 0 Å². The average Bonchev–Trinajstić information content (AvgIpc) is 3.32. The van der Waals surface area contributed by atoms with Gasteiger partial charge in [-0.3, -0.25) is 9.36 Å². The maximum Gasteiger partial charge on any atom is 0.338 e. The Hall–Kier alpha value is -2.82. The summed E-state index contributed by atoms with van der Waals surface area (Å²) in [6, 6.07) is 7.29. The zero-order valence-electron chi connectivity index (χ0n) is 18.3. The van der Waals surface area contributed by atoms with Crippen molar-refractivity contribution >= 4 is 33.1 Å². The highest BCUT2D eigenvalue weighted by Gasteiger charge is 2.21. The second-order valence-corrected chi connectivity index (χ2v) is 9.92. The Morgan fingerprint density at radius 3 is 2.59 bits per heavy atom. The first-order chi connectivity index (χ1) is 15.1. The number of nitrogens with zero attached hydrogens (tertiary/aromatic N) is 2. The highest BCUT2D eigenvalue weighted by Crippen LogP contribution is 2.24. The standard InChI is InChI=1S/C22H25N3O5S2/c1-5-9-23-32(28,29)18-8-6-7-17(11-18)21(27)30-12-20(26)19-10-15(3)25(16(19)4)22-24-14(2)13-31-22/h6-8,10-11,13,23H,5,9,12H2,1-4H3. The van der Waals surface area contributed by atoms with Gasteiger partial charge in [-0.15, -0.1) is 11.3 Å². The molecule has 0 aliphatic carbocycles. The van der Waals surface area contributed by atoms with Crippen molar-refractivity contribution in [2.75, 3.05) is 13.2 Å². The van der Waals surface area contributed by atoms with Gasteiger partial charge in [0.1, 0.15) is 0 Å². The molecular weight excluding hydrogens is 450 g/mol. The second-order valence-electron chi connectivity index (χ2n) is 7.32. The number of rotatable bonds is 9. The minimum Gasteiger partial charge on any atom is -0.454 e. The van der Waals surface area contributed by atoms with Crippen LogP contribution in [0.1, 0.15) is 51.1 Å². The molecule has 3 rings (SSSR count). The lowest BCUT2D eigenvalue weighted by molar-refractivity contribution is 0.0474. The summed E-state index contributed by atoms with van der Waals surface area (Å²) in [5, 5.41) is 2.70. The van der Waals surface area contributed by atoms with E-state index in [1.165, 1.54) is 35.6 Å². The number of carbonyl (C=O) groups excluding carboxylic acids is 2. The largest absolute Gasteiger partial charge is 0.454 e. The summed E-state index contributed by atoms with van der Waals surface area (Å²) >= 11 is 1.48. The molecule has 0 amide bonds. The molecule has 0 bridgehead atoms. The van der Waals surface area contributed by atoms with Crippen LogP contribution in [-0.2, 0) is 14.8 Å². The zero-order valence-corrected chi connectivity index (χ0v) is 20.0. The van der Waals surface area contributed by atoms with Gasteiger partial charge in [-0.25, -0.2) is 22.9 Å². The molecule has 8 nitrogen and oxygen atoms in total. The summed E-state index contributed by atoms with van der Waals surface area (Å²) in [6.07, 6.45) is 0.645. The smallest absolute Gasteiger partial charge is 0.338 e. The van der Waals surface area contributed by atoms with Gasteiger partial charge < -0.3 is 4.74 Å². The molecule has 0 saturated heterocycles. The summed E-state index contributed by atoms with van der Waals surface area (Å²) in [5.74, 6) is -1.12. The Kier molecular flexibility index (Phi) is 7.27. The van der Waals surface area contributed by atoms with Crippen LogP contribution in [0.25, 0.3) is 5.13 Å². The fourth-order valence-corrected chi connectivity index (χ4v) is 5.28. The molecule has 0 saturated carbocycles. The van der Waals surface area contributed by atoms with E-state index in [1.807, 2.05) is 37.6 Å². The number of carbonyl (C=O) groups is 2. The lowest BCUT2D eigenvalue weighted by Crippen LogP contribution is -2.24. The van der Waals surface area contributed by atoms with Crippen molar-refractivity contribution in [3.8, 4) is 5.13 Å². The van der Waals surface area contributed by atoms with Gasteiger partial charge in [-0.1, -0.05) is 13.0 Å². The van der Waals surface area contributed by atoms with Crippen LogP contribution in [0, 0.1) is 20.8 Å². The molecule has 10 heteroatoms. The van der Waals surface area contributed by atoms with Crippen molar-refractivity contribution in [1.82, 2.24) is 14.3 Å². The van der Waals surface area contributed by atoms with Gasteiger partial charge in [0.15, 0.2) is 11.7 Å². The molecule has 170 valence electrons. The Morgan fingerprint density at radius 2 is 1.94 bits per heavy atom. The van der Waals surface area contributed by atoms with Gasteiger partial charge in [0, 0.05) is 28.9 Å². The summed E-state index contributed by atoms with van der Waals surface area (Å²) in [6.45, 7) is 7.29. The average molecular weight is 476 g/mol. The molecular formula is C22H25N3O5S2. The van der Waals surface area contributed by atoms with E-state index in [1.54, 1.807) is 6.07 Å². The first-order valence-electron chi connectivity index (χ1n) is 10.1. The summed E-state index contributed by atoms with van der Waals surface area (Å²) in [4.78, 5) is 29.6. The maximum atomic E-state index is 12.7. The fourth-order valence-electron chi connectivity index (χ4n) is 3.19. The Balaban J connectivity index is 1.72. The number of ketones is 1. The van der Waals surface area contributed by atoms with Crippen molar-refractivity contribution < 1.29 is 22.7 Å². The van der Waals surface area contributed by atoms with E-state index in [0.29, 0.717) is 24.2 Å². The van der Waals surface area contributed by atoms with Crippen LogP contribution in [0.4, 0.5) is 0 Å². The number of thiazole rings is 1. The number of aromatic nitrogens is 2. The Morgan fingerprint density at radius 1 is 1.19 bits per heavy atom. The molecule has 2 heterocycles. The van der Waals surface area contributed by atoms with Crippen molar-refractivity contribution in [3.05, 3.63) is 63.9 Å². The van der Waals surface area contributed by atoms with Gasteiger partial charge in [0.05, 0.1) is 16.2 Å². The monoisotopic (exact) mass is 475 g/mol. The van der Waals surface area contributed by atoms with Crippen LogP contribution >= 0.6 is 11.3 Å². The molecule has 0 fully saturated rings. The highest BCUT2D eigenvalue weighted by atomic mass is 32.2. The third-order valence-electron chi connectivity index (χ3n) is 4.79. The molecule has 3 aromatic rings. The first kappa shape index (κ1) is 23.8. The van der Waals surface area contributed by atoms with Crippen molar-refractivity contribution in [3.63, 3.8) is 0 Å². The van der Waals surface area contributed by atoms with E-state index in [-0.39, 0.29) is 16.2 Å². The van der Waals surface area contributed by atoms with Gasteiger partial charge in [0.2, 0.25) is 15.8 Å². The molecule has 1 N–H and O–H groups in total. The fraction of sp³-hybridized carbons (Fsp3) is 0.318. The molecule has 0 spiro atoms. The SMILES string of the molecule is CCCNS(=O)(=O)c1cccc(C(=O)OCC(=O)c2cc(C)n(-c3nc(C)cs3)c2C)c1. The molecule has 0 atom stereocenters. The van der Waals surface area contributed by atoms with E-state index in [2.05, 4.69) is 9.71 Å². The normalized spacial score (nSPS) is 11.5. The van der Waals surface area contributed by atoms with Gasteiger partial charge in [-0.2, -0.15) is 0 Å². The third-order valence-corrected chi connectivity index (χ3v) is 7.19. The number of ether oxygens (including phenoxy) is 1. The summed E-state index contributed by atoms with van der Waals surface area (Å²) in [5.41, 5.74) is 2.97. The molecule has 0 aliphatic rings. The van der Waals surface area contributed by atoms with Crippen LogP contribution in [0.15, 0.2) is 40.6 Å². The van der Waals surface area contributed by atoms with Crippen molar-refractivity contribution in [2.24, 2.45) is 0 Å². The van der Waals surface area contributed by atoms with Crippen molar-refractivity contribution in [2.45, 2.75) is 39.0 Å². The molecule has 2 aromatic heterocycles. The maximum absolute atomic E-state index is 12.7. The molecule has 0 radical (unpaired) electrons. The number of nitrogens with one attached hydrogen (secondary N) is 1. The molecule has 0 unspecified atom stereocenters. The van der Waals surface area contributed by atoms with Crippen LogP contribution < -0.4 is 4.72 Å². The Bertz CT molecular complexity index is 1260. The zero-order chi connectivity index (χ0) is 23.5. The van der Waals surface area contributed by atoms with E-state index < -0.39 is 22.6 Å². The van der Waals surface area contributed by atoms with Crippen LogP contribution in [0.2, 0.25) is 0 Å². The minimum absolute atomic E-state index is 0.0333. The molecule has 32 heavy (non-hydrogen) atoms. The third kappa shape index (κ3) is 5.14. The number of benzene rings is 1. The number of sulfonamides is 1. The lowest BCUT2D eigenvalue weighted by atomic mass is 10.1. The van der Waals surface area contributed by atoms with Crippen molar-refractivity contribution in [1.29, 1.82) is 0 Å². The van der Waals surface area contributed by atoms with Crippen LogP contribution in [-0.4, -0.2) is 42.9 Å². The van der Waals surface area contributed by atoms with E-state index >= 15 is 0 Å². The lowest BCUT2D eigenvalue weighted by Gasteiger charge is -2.08.